The molecule has 1 aromatic carbocycles. The molecule has 1 aromatic rings. The Bertz CT molecular complexity index is 786. The largest absolute Gasteiger partial charge is 0.478 e. The first kappa shape index (κ1) is 20.1. The third kappa shape index (κ3) is 3.97. The second-order valence-corrected chi connectivity index (χ2v) is 10.1. The van der Waals surface area contributed by atoms with Crippen molar-refractivity contribution < 1.29 is 24.3 Å². The van der Waals surface area contributed by atoms with Crippen LogP contribution in [0.5, 0.6) is 5.75 Å². The molecule has 1 unspecified atom stereocenters. The Kier molecular flexibility index (Phi) is 5.05. The molecular formula is C22H29NO6. The number of hydrogen-bond acceptors (Lipinski definition) is 5. The summed E-state index contributed by atoms with van der Waals surface area (Å²) in [6, 6.07) is 3.62. The fourth-order valence-corrected chi connectivity index (χ4v) is 5.66. The Morgan fingerprint density at radius 3 is 2.21 bits per heavy atom. The first-order valence-corrected chi connectivity index (χ1v) is 10.5. The monoisotopic (exact) mass is 403 g/mol. The highest BCUT2D eigenvalue weighted by Gasteiger charge is 2.50. The molecular weight excluding hydrogens is 374 g/mol. The molecule has 4 fully saturated rings. The zero-order valence-corrected chi connectivity index (χ0v) is 17.2. The molecule has 1 atom stereocenters. The van der Waals surface area contributed by atoms with Gasteiger partial charge in [0, 0.05) is 17.5 Å². The summed E-state index contributed by atoms with van der Waals surface area (Å²) >= 11 is 0. The first-order chi connectivity index (χ1) is 13.6. The number of nitrogens with zero attached hydrogens (tertiary/aromatic N) is 1. The normalized spacial score (nSPS) is 31.5. The molecule has 4 bridgehead atoms. The summed E-state index contributed by atoms with van der Waals surface area (Å²) in [5.74, 6) is 1.48. The Morgan fingerprint density at radius 1 is 1.14 bits per heavy atom. The van der Waals surface area contributed by atoms with E-state index in [-0.39, 0.29) is 23.1 Å². The van der Waals surface area contributed by atoms with Crippen molar-refractivity contribution in [3.05, 3.63) is 33.9 Å². The number of hydrogen-bond donors (Lipinski definition) is 1. The smallest absolute Gasteiger partial charge is 0.335 e. The summed E-state index contributed by atoms with van der Waals surface area (Å²) in [6.45, 7) is 5.92. The Labute approximate surface area is 170 Å². The lowest BCUT2D eigenvalue weighted by Crippen LogP contribution is -2.52. The van der Waals surface area contributed by atoms with Crippen LogP contribution in [0.15, 0.2) is 18.2 Å². The van der Waals surface area contributed by atoms with Crippen LogP contribution in [0.3, 0.4) is 0 Å². The van der Waals surface area contributed by atoms with Crippen LogP contribution in [0, 0.1) is 39.2 Å². The molecule has 7 heteroatoms. The van der Waals surface area contributed by atoms with Gasteiger partial charge in [-0.3, -0.25) is 10.1 Å². The number of benzene rings is 1. The number of carboxylic acid groups (broad SMARTS) is 1. The lowest BCUT2D eigenvalue weighted by atomic mass is 9.55. The zero-order valence-electron chi connectivity index (χ0n) is 17.2. The Hall–Kier alpha value is -2.15. The van der Waals surface area contributed by atoms with Gasteiger partial charge in [0.1, 0.15) is 0 Å². The SMILES string of the molecule is CC(C)(C)C(Oc1cc(C(=O)O)ccc1[N+](=O)[O-])OC1C2CC3CC(C2)CC1C3. The molecule has 0 aliphatic heterocycles. The highest BCUT2D eigenvalue weighted by molar-refractivity contribution is 5.88. The quantitative estimate of drug-likeness (QED) is 0.413. The highest BCUT2D eigenvalue weighted by atomic mass is 16.7. The van der Waals surface area contributed by atoms with Gasteiger partial charge in [-0.15, -0.1) is 0 Å². The summed E-state index contributed by atoms with van der Waals surface area (Å²) < 4.78 is 12.6. The molecule has 0 radical (unpaired) electrons. The van der Waals surface area contributed by atoms with E-state index in [1.165, 1.54) is 50.3 Å². The number of rotatable bonds is 6. The van der Waals surface area contributed by atoms with Gasteiger partial charge in [-0.25, -0.2) is 4.79 Å². The summed E-state index contributed by atoms with van der Waals surface area (Å²) in [7, 11) is 0. The molecule has 0 saturated heterocycles. The number of carbonyl (C=O) groups is 1. The van der Waals surface area contributed by atoms with E-state index in [2.05, 4.69) is 0 Å². The molecule has 0 amide bonds. The highest BCUT2D eigenvalue weighted by Crippen LogP contribution is 2.55. The van der Waals surface area contributed by atoms with Crippen LogP contribution >= 0.6 is 0 Å². The van der Waals surface area contributed by atoms with Crippen LogP contribution in [0.2, 0.25) is 0 Å². The topological polar surface area (TPSA) is 98.9 Å². The maximum Gasteiger partial charge on any atom is 0.335 e. The van der Waals surface area contributed by atoms with Crippen LogP contribution in [0.1, 0.15) is 63.2 Å². The standard InChI is InChI=1S/C22H29NO6/c1-22(2,3)21(28-18-11-14(20(24)25)4-5-17(18)23(26)27)29-19-15-7-12-6-13(9-15)10-16(19)8-12/h4-5,11-13,15-16,19,21H,6-10H2,1-3H3,(H,24,25). The number of carboxylic acids is 1. The second kappa shape index (κ2) is 7.27. The summed E-state index contributed by atoms with van der Waals surface area (Å²) in [5, 5.41) is 20.7. The van der Waals surface area contributed by atoms with Gasteiger partial charge in [-0.05, 0) is 61.8 Å². The molecule has 1 N–H and O–H groups in total. The van der Waals surface area contributed by atoms with Crippen LogP contribution in [0.4, 0.5) is 5.69 Å². The van der Waals surface area contributed by atoms with Crippen LogP contribution in [-0.4, -0.2) is 28.4 Å². The van der Waals surface area contributed by atoms with Gasteiger partial charge in [0.25, 0.3) is 0 Å². The van der Waals surface area contributed by atoms with Gasteiger partial charge >= 0.3 is 11.7 Å². The lowest BCUT2D eigenvalue weighted by molar-refractivity contribution is -0.386. The van der Waals surface area contributed by atoms with E-state index in [1.54, 1.807) is 0 Å². The minimum absolute atomic E-state index is 0.0483. The molecule has 29 heavy (non-hydrogen) atoms. The van der Waals surface area contributed by atoms with E-state index in [9.17, 15) is 20.0 Å². The molecule has 0 spiro atoms. The molecule has 158 valence electrons. The van der Waals surface area contributed by atoms with Crippen molar-refractivity contribution in [3.8, 4) is 5.75 Å². The fourth-order valence-electron chi connectivity index (χ4n) is 5.66. The van der Waals surface area contributed by atoms with E-state index in [0.29, 0.717) is 11.8 Å². The van der Waals surface area contributed by atoms with Crippen molar-refractivity contribution in [2.24, 2.45) is 29.1 Å². The number of ether oxygens (including phenoxy) is 2. The number of nitro groups is 1. The van der Waals surface area contributed by atoms with Crippen molar-refractivity contribution in [2.45, 2.75) is 65.3 Å². The Morgan fingerprint density at radius 2 is 1.72 bits per heavy atom. The van der Waals surface area contributed by atoms with Crippen LogP contribution in [-0.2, 0) is 4.74 Å². The maximum atomic E-state index is 11.5. The zero-order chi connectivity index (χ0) is 20.9. The lowest BCUT2D eigenvalue weighted by Gasteiger charge is -2.55. The van der Waals surface area contributed by atoms with Gasteiger partial charge < -0.3 is 14.6 Å². The van der Waals surface area contributed by atoms with Gasteiger partial charge in [0.15, 0.2) is 0 Å². The second-order valence-electron chi connectivity index (χ2n) is 10.1. The van der Waals surface area contributed by atoms with Crippen LogP contribution in [0.25, 0.3) is 0 Å². The third-order valence-corrected chi connectivity index (χ3v) is 6.77. The minimum Gasteiger partial charge on any atom is -0.478 e. The van der Waals surface area contributed by atoms with Crippen molar-refractivity contribution >= 4 is 11.7 Å². The van der Waals surface area contributed by atoms with E-state index in [0.717, 1.165) is 11.8 Å². The minimum atomic E-state index is -1.15. The van der Waals surface area contributed by atoms with Gasteiger partial charge in [0.05, 0.1) is 16.6 Å². The fraction of sp³-hybridized carbons (Fsp3) is 0.682. The number of aromatic carboxylic acids is 1. The average Bonchev–Trinajstić information content (AvgIpc) is 2.61. The molecule has 4 aliphatic rings. The van der Waals surface area contributed by atoms with Crippen molar-refractivity contribution in [3.63, 3.8) is 0 Å². The summed E-state index contributed by atoms with van der Waals surface area (Å²) in [6.07, 6.45) is 5.55. The average molecular weight is 403 g/mol. The summed E-state index contributed by atoms with van der Waals surface area (Å²) in [5.41, 5.74) is -0.729. The van der Waals surface area contributed by atoms with E-state index >= 15 is 0 Å². The molecule has 0 aromatic heterocycles. The summed E-state index contributed by atoms with van der Waals surface area (Å²) in [4.78, 5) is 22.3. The predicted octanol–water partition coefficient (Wildman–Crippen LogP) is 4.89. The molecule has 0 heterocycles. The molecule has 5 rings (SSSR count). The van der Waals surface area contributed by atoms with Crippen molar-refractivity contribution in [1.29, 1.82) is 0 Å². The molecule has 4 aliphatic carbocycles. The van der Waals surface area contributed by atoms with Gasteiger partial charge in [0.2, 0.25) is 12.0 Å². The Balaban J connectivity index is 1.59. The van der Waals surface area contributed by atoms with E-state index < -0.39 is 22.6 Å². The third-order valence-electron chi connectivity index (χ3n) is 6.77. The molecule has 4 saturated carbocycles. The van der Waals surface area contributed by atoms with Crippen LogP contribution < -0.4 is 4.74 Å². The van der Waals surface area contributed by atoms with Gasteiger partial charge in [-0.1, -0.05) is 20.8 Å². The van der Waals surface area contributed by atoms with E-state index in [1.807, 2.05) is 20.8 Å². The van der Waals surface area contributed by atoms with Gasteiger partial charge in [-0.2, -0.15) is 0 Å². The van der Waals surface area contributed by atoms with Crippen molar-refractivity contribution in [1.82, 2.24) is 0 Å². The van der Waals surface area contributed by atoms with Crippen molar-refractivity contribution in [2.75, 3.05) is 0 Å². The maximum absolute atomic E-state index is 11.5. The predicted molar refractivity (Wildman–Crippen MR) is 106 cm³/mol. The first-order valence-electron chi connectivity index (χ1n) is 10.5. The van der Waals surface area contributed by atoms with E-state index in [4.69, 9.17) is 9.47 Å². The number of nitro benzene ring substituents is 1. The molecule has 7 nitrogen and oxygen atoms in total.